The Balaban J connectivity index is 2.18. The van der Waals surface area contributed by atoms with Crippen LogP contribution in [0.4, 0.5) is 11.4 Å². The molecular weight excluding hydrogens is 242 g/mol. The van der Waals surface area contributed by atoms with Gasteiger partial charge in [0.1, 0.15) is 6.04 Å². The first kappa shape index (κ1) is 13.7. The zero-order chi connectivity index (χ0) is 13.8. The van der Waals surface area contributed by atoms with Gasteiger partial charge in [-0.25, -0.2) is 0 Å². The molecule has 5 heteroatoms. The second-order valence-corrected chi connectivity index (χ2v) is 4.72. The van der Waals surface area contributed by atoms with E-state index in [2.05, 4.69) is 34.3 Å². The number of nitrogens with one attached hydrogen (secondary N) is 1. The maximum Gasteiger partial charge on any atom is 0.324 e. The summed E-state index contributed by atoms with van der Waals surface area (Å²) in [5.74, 6) is -0.223. The van der Waals surface area contributed by atoms with Gasteiger partial charge >= 0.3 is 5.97 Å². The fourth-order valence-corrected chi connectivity index (χ4v) is 2.40. The number of benzene rings is 1. The van der Waals surface area contributed by atoms with Crippen LogP contribution in [-0.2, 0) is 9.53 Å². The van der Waals surface area contributed by atoms with Crippen LogP contribution in [-0.4, -0.2) is 52.9 Å². The Morgan fingerprint density at radius 2 is 2.05 bits per heavy atom. The minimum Gasteiger partial charge on any atom is -0.468 e. The molecule has 0 saturated carbocycles. The van der Waals surface area contributed by atoms with Crippen LogP contribution in [0.5, 0.6) is 0 Å². The van der Waals surface area contributed by atoms with Gasteiger partial charge in [-0.3, -0.25) is 4.79 Å². The molecule has 1 aliphatic rings. The monoisotopic (exact) mass is 263 g/mol. The number of carbonyl (C=O) groups is 1. The number of hydrogen-bond donors (Lipinski definition) is 1. The molecule has 1 unspecified atom stereocenters. The third kappa shape index (κ3) is 2.81. The zero-order valence-electron chi connectivity index (χ0n) is 11.7. The minimum atomic E-state index is -0.304. The first-order valence-corrected chi connectivity index (χ1v) is 6.47. The Bertz CT molecular complexity index is 450. The Morgan fingerprint density at radius 3 is 2.68 bits per heavy atom. The van der Waals surface area contributed by atoms with Gasteiger partial charge in [0, 0.05) is 26.7 Å². The molecule has 0 aromatic heterocycles. The highest BCUT2D eigenvalue weighted by Crippen LogP contribution is 2.31. The number of para-hydroxylation sites is 2. The summed E-state index contributed by atoms with van der Waals surface area (Å²) in [6, 6.07) is 7.95. The van der Waals surface area contributed by atoms with Gasteiger partial charge in [0.05, 0.1) is 18.5 Å². The van der Waals surface area contributed by atoms with Gasteiger partial charge in [-0.15, -0.1) is 0 Å². The van der Waals surface area contributed by atoms with Crippen molar-refractivity contribution in [2.75, 3.05) is 50.6 Å². The van der Waals surface area contributed by atoms with Gasteiger partial charge in [-0.05, 0) is 19.2 Å². The lowest BCUT2D eigenvalue weighted by atomic mass is 10.1. The topological polar surface area (TPSA) is 44.8 Å². The molecule has 1 aromatic carbocycles. The van der Waals surface area contributed by atoms with Crippen molar-refractivity contribution in [1.82, 2.24) is 5.32 Å². The molecule has 0 bridgehead atoms. The molecule has 0 aliphatic carbocycles. The van der Waals surface area contributed by atoms with Crippen molar-refractivity contribution in [3.63, 3.8) is 0 Å². The predicted octanol–water partition coefficient (Wildman–Crippen LogP) is 0.704. The van der Waals surface area contributed by atoms with Crippen LogP contribution < -0.4 is 15.1 Å². The van der Waals surface area contributed by atoms with Crippen LogP contribution in [0.25, 0.3) is 0 Å². The van der Waals surface area contributed by atoms with Crippen LogP contribution in [0.3, 0.4) is 0 Å². The zero-order valence-corrected chi connectivity index (χ0v) is 11.7. The second kappa shape index (κ2) is 5.93. The standard InChI is InChI=1S/C14H21N3O2/c1-15-11(14(18)19-3)10-17-9-8-16(2)12-6-4-5-7-13(12)17/h4-7,11,15H,8-10H2,1-3H3. The van der Waals surface area contributed by atoms with E-state index in [0.29, 0.717) is 6.54 Å². The third-order valence-electron chi connectivity index (χ3n) is 3.58. The molecular formula is C14H21N3O2. The van der Waals surface area contributed by atoms with E-state index in [-0.39, 0.29) is 12.0 Å². The number of rotatable bonds is 4. The molecule has 0 spiro atoms. The molecule has 1 N–H and O–H groups in total. The molecule has 1 heterocycles. The lowest BCUT2D eigenvalue weighted by Crippen LogP contribution is -2.49. The molecule has 5 nitrogen and oxygen atoms in total. The van der Waals surface area contributed by atoms with E-state index < -0.39 is 0 Å². The van der Waals surface area contributed by atoms with Crippen molar-refractivity contribution >= 4 is 17.3 Å². The number of likely N-dealkylation sites (N-methyl/N-ethyl adjacent to an activating group) is 2. The third-order valence-corrected chi connectivity index (χ3v) is 3.58. The van der Waals surface area contributed by atoms with E-state index in [1.165, 1.54) is 18.5 Å². The van der Waals surface area contributed by atoms with Gasteiger partial charge < -0.3 is 19.9 Å². The van der Waals surface area contributed by atoms with E-state index in [4.69, 9.17) is 4.74 Å². The van der Waals surface area contributed by atoms with Crippen LogP contribution in [0.15, 0.2) is 24.3 Å². The first-order chi connectivity index (χ1) is 9.17. The molecule has 2 rings (SSSR count). The molecule has 0 saturated heterocycles. The van der Waals surface area contributed by atoms with E-state index in [1.54, 1.807) is 7.05 Å². The van der Waals surface area contributed by atoms with Gasteiger partial charge in [-0.1, -0.05) is 12.1 Å². The largest absolute Gasteiger partial charge is 0.468 e. The second-order valence-electron chi connectivity index (χ2n) is 4.72. The summed E-state index contributed by atoms with van der Waals surface area (Å²) >= 11 is 0. The molecule has 0 fully saturated rings. The van der Waals surface area contributed by atoms with E-state index >= 15 is 0 Å². The van der Waals surface area contributed by atoms with Gasteiger partial charge in [0.2, 0.25) is 0 Å². The van der Waals surface area contributed by atoms with Crippen LogP contribution in [0.1, 0.15) is 0 Å². The molecule has 0 radical (unpaired) electrons. The van der Waals surface area contributed by atoms with Crippen molar-refractivity contribution in [3.8, 4) is 0 Å². The number of esters is 1. The summed E-state index contributed by atoms with van der Waals surface area (Å²) in [4.78, 5) is 16.1. The van der Waals surface area contributed by atoms with Crippen LogP contribution in [0.2, 0.25) is 0 Å². The smallest absolute Gasteiger partial charge is 0.324 e. The number of nitrogens with zero attached hydrogens (tertiary/aromatic N) is 2. The summed E-state index contributed by atoms with van der Waals surface area (Å²) in [6.07, 6.45) is 0. The van der Waals surface area contributed by atoms with Gasteiger partial charge in [-0.2, -0.15) is 0 Å². The molecule has 1 aliphatic heterocycles. The number of hydrogen-bond acceptors (Lipinski definition) is 5. The number of fused-ring (bicyclic) bond motifs is 1. The lowest BCUT2D eigenvalue weighted by molar-refractivity contribution is -0.142. The number of anilines is 2. The molecule has 19 heavy (non-hydrogen) atoms. The Morgan fingerprint density at radius 1 is 1.37 bits per heavy atom. The quantitative estimate of drug-likeness (QED) is 0.810. The van der Waals surface area contributed by atoms with E-state index in [1.807, 2.05) is 12.1 Å². The highest BCUT2D eigenvalue weighted by molar-refractivity contribution is 5.78. The highest BCUT2D eigenvalue weighted by atomic mass is 16.5. The number of ether oxygens (including phenoxy) is 1. The van der Waals surface area contributed by atoms with Gasteiger partial charge in [0.25, 0.3) is 0 Å². The first-order valence-electron chi connectivity index (χ1n) is 6.47. The average molecular weight is 263 g/mol. The van der Waals surface area contributed by atoms with Crippen LogP contribution in [0, 0.1) is 0 Å². The van der Waals surface area contributed by atoms with Crippen molar-refractivity contribution in [2.45, 2.75) is 6.04 Å². The van der Waals surface area contributed by atoms with Crippen molar-refractivity contribution in [1.29, 1.82) is 0 Å². The lowest BCUT2D eigenvalue weighted by Gasteiger charge is -2.38. The maximum atomic E-state index is 11.7. The highest BCUT2D eigenvalue weighted by Gasteiger charge is 2.25. The van der Waals surface area contributed by atoms with Gasteiger partial charge in [0.15, 0.2) is 0 Å². The minimum absolute atomic E-state index is 0.223. The Hall–Kier alpha value is -1.75. The fraction of sp³-hybridized carbons (Fsp3) is 0.500. The molecule has 1 aromatic rings. The Kier molecular flexibility index (Phi) is 4.27. The van der Waals surface area contributed by atoms with E-state index in [9.17, 15) is 4.79 Å². The normalized spacial score (nSPS) is 15.9. The van der Waals surface area contributed by atoms with Crippen LogP contribution >= 0.6 is 0 Å². The van der Waals surface area contributed by atoms with E-state index in [0.717, 1.165) is 13.1 Å². The number of methoxy groups -OCH3 is 1. The molecule has 104 valence electrons. The van der Waals surface area contributed by atoms with Crippen molar-refractivity contribution in [3.05, 3.63) is 24.3 Å². The Labute approximate surface area is 114 Å². The predicted molar refractivity (Wildman–Crippen MR) is 76.8 cm³/mol. The fourth-order valence-electron chi connectivity index (χ4n) is 2.40. The maximum absolute atomic E-state index is 11.7. The summed E-state index contributed by atoms with van der Waals surface area (Å²) in [6.45, 7) is 2.48. The van der Waals surface area contributed by atoms with Crippen molar-refractivity contribution < 1.29 is 9.53 Å². The van der Waals surface area contributed by atoms with Crippen molar-refractivity contribution in [2.24, 2.45) is 0 Å². The molecule has 1 atom stereocenters. The summed E-state index contributed by atoms with van der Waals surface area (Å²) < 4.78 is 4.82. The summed E-state index contributed by atoms with van der Waals surface area (Å²) in [7, 11) is 5.29. The number of carbonyl (C=O) groups excluding carboxylic acids is 1. The summed E-state index contributed by atoms with van der Waals surface area (Å²) in [5, 5.41) is 3.01. The average Bonchev–Trinajstić information content (AvgIpc) is 2.46. The SMILES string of the molecule is CNC(CN1CCN(C)c2ccccc21)C(=O)OC. The molecule has 0 amide bonds. The summed E-state index contributed by atoms with van der Waals surface area (Å²) in [5.41, 5.74) is 2.37.